The number of benzene rings is 1. The summed E-state index contributed by atoms with van der Waals surface area (Å²) in [6.45, 7) is 10.7. The van der Waals surface area contributed by atoms with Crippen molar-refractivity contribution in [1.29, 1.82) is 0 Å². The van der Waals surface area contributed by atoms with Crippen molar-refractivity contribution in [2.24, 2.45) is 0 Å². The molecule has 0 unspecified atom stereocenters. The van der Waals surface area contributed by atoms with Gasteiger partial charge in [0.15, 0.2) is 0 Å². The standard InChI is InChI=1S/C26H38N4O4/c1-5-15-33-20-23(31)18-30(12-11-29-13-16-32-17-14-29)19-24-25(22-9-7-6-8-10-22)27-34-26(24)28(4)21(2)3/h1,6-10,21,23,31H,11-20H2,2-4H3/t23-/m1/s1. The summed E-state index contributed by atoms with van der Waals surface area (Å²) in [6, 6.07) is 10.3. The van der Waals surface area contributed by atoms with Gasteiger partial charge in [0.2, 0.25) is 5.88 Å². The molecule has 1 N–H and O–H groups in total. The zero-order chi connectivity index (χ0) is 24.3. The number of aliphatic hydroxyl groups is 1. The predicted octanol–water partition coefficient (Wildman–Crippen LogP) is 2.33. The second-order valence-corrected chi connectivity index (χ2v) is 8.95. The third-order valence-electron chi connectivity index (χ3n) is 6.09. The topological polar surface area (TPSA) is 74.4 Å². The van der Waals surface area contributed by atoms with Crippen molar-refractivity contribution < 1.29 is 19.1 Å². The molecule has 186 valence electrons. The first-order valence-electron chi connectivity index (χ1n) is 12.0. The Morgan fingerprint density at radius 3 is 2.65 bits per heavy atom. The number of aliphatic hydroxyl groups excluding tert-OH is 1. The number of hydrogen-bond donors (Lipinski definition) is 1. The third kappa shape index (κ3) is 7.55. The highest BCUT2D eigenvalue weighted by atomic mass is 16.5. The minimum absolute atomic E-state index is 0.192. The molecule has 1 aliphatic rings. The second kappa shape index (κ2) is 13.5. The molecule has 1 aliphatic heterocycles. The van der Waals surface area contributed by atoms with Crippen molar-refractivity contribution in [2.75, 3.05) is 71.1 Å². The molecular formula is C26H38N4O4. The minimum atomic E-state index is -0.649. The van der Waals surface area contributed by atoms with E-state index in [4.69, 9.17) is 20.4 Å². The highest BCUT2D eigenvalue weighted by molar-refractivity contribution is 5.68. The summed E-state index contributed by atoms with van der Waals surface area (Å²) in [6.07, 6.45) is 4.62. The number of rotatable bonds is 13. The Balaban J connectivity index is 1.83. The van der Waals surface area contributed by atoms with Gasteiger partial charge in [-0.25, -0.2) is 0 Å². The van der Waals surface area contributed by atoms with E-state index >= 15 is 0 Å². The van der Waals surface area contributed by atoms with Gasteiger partial charge in [0.25, 0.3) is 0 Å². The van der Waals surface area contributed by atoms with Gasteiger partial charge >= 0.3 is 0 Å². The Morgan fingerprint density at radius 1 is 1.24 bits per heavy atom. The Bertz CT molecular complexity index is 890. The molecule has 0 aliphatic carbocycles. The summed E-state index contributed by atoms with van der Waals surface area (Å²) in [5, 5.41) is 15.1. The quantitative estimate of drug-likeness (QED) is 0.353. The number of morpholine rings is 1. The first kappa shape index (κ1) is 26.2. The number of aromatic nitrogens is 1. The zero-order valence-electron chi connectivity index (χ0n) is 20.7. The Labute approximate surface area is 203 Å². The van der Waals surface area contributed by atoms with Gasteiger partial charge in [-0.1, -0.05) is 41.4 Å². The van der Waals surface area contributed by atoms with E-state index in [1.807, 2.05) is 37.4 Å². The smallest absolute Gasteiger partial charge is 0.232 e. The maximum Gasteiger partial charge on any atom is 0.232 e. The SMILES string of the molecule is C#CCOC[C@H](O)CN(CCN1CCOCC1)Cc1c(-c2ccccc2)noc1N(C)C(C)C. The molecule has 0 saturated carbocycles. The Hall–Kier alpha value is -2.41. The van der Waals surface area contributed by atoms with Crippen LogP contribution in [0.4, 0.5) is 5.88 Å². The first-order chi connectivity index (χ1) is 16.5. The molecule has 0 bridgehead atoms. The lowest BCUT2D eigenvalue weighted by Crippen LogP contribution is -2.43. The maximum atomic E-state index is 10.6. The van der Waals surface area contributed by atoms with Crippen LogP contribution in [-0.2, 0) is 16.0 Å². The number of hydrogen-bond acceptors (Lipinski definition) is 8. The van der Waals surface area contributed by atoms with E-state index < -0.39 is 6.10 Å². The molecular weight excluding hydrogens is 432 g/mol. The third-order valence-corrected chi connectivity index (χ3v) is 6.09. The van der Waals surface area contributed by atoms with Crippen LogP contribution in [0.1, 0.15) is 19.4 Å². The molecule has 0 amide bonds. The predicted molar refractivity (Wildman–Crippen MR) is 134 cm³/mol. The van der Waals surface area contributed by atoms with Gasteiger partial charge in [-0.2, -0.15) is 0 Å². The van der Waals surface area contributed by atoms with Crippen LogP contribution in [0.2, 0.25) is 0 Å². The molecule has 2 heterocycles. The molecule has 1 aromatic heterocycles. The van der Waals surface area contributed by atoms with E-state index in [1.54, 1.807) is 0 Å². The van der Waals surface area contributed by atoms with E-state index in [1.165, 1.54) is 0 Å². The van der Waals surface area contributed by atoms with E-state index in [0.29, 0.717) is 13.1 Å². The number of nitrogens with zero attached hydrogens (tertiary/aromatic N) is 4. The molecule has 1 aromatic carbocycles. The van der Waals surface area contributed by atoms with E-state index in [0.717, 1.165) is 62.1 Å². The van der Waals surface area contributed by atoms with Crippen LogP contribution in [0.25, 0.3) is 11.3 Å². The highest BCUT2D eigenvalue weighted by Gasteiger charge is 2.25. The van der Waals surface area contributed by atoms with Crippen molar-refractivity contribution in [3.05, 3.63) is 35.9 Å². The van der Waals surface area contributed by atoms with Crippen molar-refractivity contribution in [1.82, 2.24) is 15.0 Å². The Kier molecular flexibility index (Phi) is 10.4. The summed E-state index contributed by atoms with van der Waals surface area (Å²) in [5.74, 6) is 3.20. The van der Waals surface area contributed by atoms with Crippen molar-refractivity contribution in [2.45, 2.75) is 32.5 Å². The lowest BCUT2D eigenvalue weighted by molar-refractivity contribution is 0.0137. The van der Waals surface area contributed by atoms with E-state index in [-0.39, 0.29) is 19.3 Å². The van der Waals surface area contributed by atoms with Crippen LogP contribution >= 0.6 is 0 Å². The van der Waals surface area contributed by atoms with Gasteiger partial charge < -0.3 is 24.0 Å². The summed E-state index contributed by atoms with van der Waals surface area (Å²) < 4.78 is 16.7. The molecule has 34 heavy (non-hydrogen) atoms. The maximum absolute atomic E-state index is 10.6. The van der Waals surface area contributed by atoms with Gasteiger partial charge in [-0.05, 0) is 13.8 Å². The molecule has 8 nitrogen and oxygen atoms in total. The fourth-order valence-corrected chi connectivity index (χ4v) is 3.95. The average Bonchev–Trinajstić information content (AvgIpc) is 3.26. The van der Waals surface area contributed by atoms with E-state index in [9.17, 15) is 5.11 Å². The van der Waals surface area contributed by atoms with Gasteiger partial charge in [-0.15, -0.1) is 6.42 Å². The lowest BCUT2D eigenvalue weighted by Gasteiger charge is -2.31. The molecule has 1 atom stereocenters. The molecule has 1 saturated heterocycles. The molecule has 8 heteroatoms. The van der Waals surface area contributed by atoms with Gasteiger partial charge in [-0.3, -0.25) is 9.80 Å². The number of anilines is 1. The van der Waals surface area contributed by atoms with Gasteiger partial charge in [0.05, 0.1) is 31.5 Å². The molecule has 0 radical (unpaired) electrons. The molecule has 1 fully saturated rings. The van der Waals surface area contributed by atoms with Crippen molar-refractivity contribution in [3.8, 4) is 23.6 Å². The van der Waals surface area contributed by atoms with Crippen LogP contribution in [0, 0.1) is 12.3 Å². The van der Waals surface area contributed by atoms with Crippen molar-refractivity contribution >= 4 is 5.88 Å². The summed E-state index contributed by atoms with van der Waals surface area (Å²) in [5.41, 5.74) is 2.86. The first-order valence-corrected chi connectivity index (χ1v) is 12.0. The monoisotopic (exact) mass is 470 g/mol. The normalized spacial score (nSPS) is 15.6. The summed E-state index contributed by atoms with van der Waals surface area (Å²) in [4.78, 5) is 6.74. The minimum Gasteiger partial charge on any atom is -0.389 e. The number of ether oxygens (including phenoxy) is 2. The second-order valence-electron chi connectivity index (χ2n) is 8.95. The van der Waals surface area contributed by atoms with Crippen LogP contribution in [0.3, 0.4) is 0 Å². The molecule has 2 aromatic rings. The summed E-state index contributed by atoms with van der Waals surface area (Å²) in [7, 11) is 2.02. The van der Waals surface area contributed by atoms with Gasteiger partial charge in [0.1, 0.15) is 12.3 Å². The van der Waals surface area contributed by atoms with E-state index in [2.05, 4.69) is 39.6 Å². The fourth-order valence-electron chi connectivity index (χ4n) is 3.95. The van der Waals surface area contributed by atoms with Crippen LogP contribution in [-0.4, -0.2) is 98.4 Å². The molecule has 3 rings (SSSR count). The van der Waals surface area contributed by atoms with Gasteiger partial charge in [0, 0.05) is 57.9 Å². The summed E-state index contributed by atoms with van der Waals surface area (Å²) >= 11 is 0. The van der Waals surface area contributed by atoms with Crippen molar-refractivity contribution in [3.63, 3.8) is 0 Å². The fraction of sp³-hybridized carbons (Fsp3) is 0.577. The van der Waals surface area contributed by atoms with Crippen LogP contribution in [0.5, 0.6) is 0 Å². The average molecular weight is 471 g/mol. The highest BCUT2D eigenvalue weighted by Crippen LogP contribution is 2.32. The largest absolute Gasteiger partial charge is 0.389 e. The lowest BCUT2D eigenvalue weighted by atomic mass is 10.1. The zero-order valence-corrected chi connectivity index (χ0v) is 20.7. The van der Waals surface area contributed by atoms with Crippen LogP contribution < -0.4 is 4.90 Å². The van der Waals surface area contributed by atoms with Crippen LogP contribution in [0.15, 0.2) is 34.9 Å². The Morgan fingerprint density at radius 2 is 1.97 bits per heavy atom. The number of terminal acetylenes is 1. The molecule has 0 spiro atoms.